The second-order valence-corrected chi connectivity index (χ2v) is 4.09. The third-order valence-electron chi connectivity index (χ3n) is 2.53. The zero-order valence-electron chi connectivity index (χ0n) is 10.5. The van der Waals surface area contributed by atoms with Crippen LogP contribution in [0.25, 0.3) is 0 Å². The molecule has 0 saturated heterocycles. The standard InChI is InChI=1S/C12H13N5O3/c13-12-15-10(16-17-12)11(20)14-8-3-1-2-7(6-8)4-5-9(18)19/h1-3,6H,4-5H2,(H,14,20)(H,18,19)(H3,13,15,16,17). The van der Waals surface area contributed by atoms with Crippen LogP contribution in [0.4, 0.5) is 11.6 Å². The van der Waals surface area contributed by atoms with Gasteiger partial charge in [-0.05, 0) is 24.1 Å². The highest BCUT2D eigenvalue weighted by atomic mass is 16.4. The van der Waals surface area contributed by atoms with E-state index in [0.717, 1.165) is 5.56 Å². The first-order chi connectivity index (χ1) is 9.54. The number of nitrogens with one attached hydrogen (secondary N) is 2. The number of nitrogens with zero attached hydrogens (tertiary/aromatic N) is 2. The van der Waals surface area contributed by atoms with Crippen LogP contribution >= 0.6 is 0 Å². The van der Waals surface area contributed by atoms with Crippen LogP contribution in [0.15, 0.2) is 24.3 Å². The molecule has 20 heavy (non-hydrogen) atoms. The van der Waals surface area contributed by atoms with Crippen molar-refractivity contribution in [3.63, 3.8) is 0 Å². The monoisotopic (exact) mass is 275 g/mol. The van der Waals surface area contributed by atoms with Crippen LogP contribution in [0.5, 0.6) is 0 Å². The van der Waals surface area contributed by atoms with Gasteiger partial charge in [0.1, 0.15) is 0 Å². The van der Waals surface area contributed by atoms with E-state index in [-0.39, 0.29) is 18.2 Å². The van der Waals surface area contributed by atoms with E-state index in [0.29, 0.717) is 12.1 Å². The van der Waals surface area contributed by atoms with Gasteiger partial charge in [0.2, 0.25) is 11.8 Å². The first kappa shape index (κ1) is 13.5. The normalized spacial score (nSPS) is 10.2. The maximum atomic E-state index is 11.8. The van der Waals surface area contributed by atoms with Crippen LogP contribution in [-0.2, 0) is 11.2 Å². The number of rotatable bonds is 5. The molecular weight excluding hydrogens is 262 g/mol. The summed E-state index contributed by atoms with van der Waals surface area (Å²) in [6, 6.07) is 6.94. The molecule has 2 aromatic rings. The van der Waals surface area contributed by atoms with Gasteiger partial charge < -0.3 is 16.2 Å². The molecule has 0 saturated carbocycles. The van der Waals surface area contributed by atoms with Crippen LogP contribution in [0.2, 0.25) is 0 Å². The number of nitrogen functional groups attached to an aromatic ring is 1. The number of H-pyrrole nitrogens is 1. The van der Waals surface area contributed by atoms with Crippen LogP contribution in [0.3, 0.4) is 0 Å². The van der Waals surface area contributed by atoms with Crippen LogP contribution < -0.4 is 11.1 Å². The number of carboxylic acids is 1. The smallest absolute Gasteiger partial charge is 0.303 e. The minimum Gasteiger partial charge on any atom is -0.481 e. The van der Waals surface area contributed by atoms with Crippen LogP contribution in [0, 0.1) is 0 Å². The molecule has 0 radical (unpaired) electrons. The molecule has 0 fully saturated rings. The van der Waals surface area contributed by atoms with Crippen molar-refractivity contribution in [1.82, 2.24) is 15.2 Å². The Balaban J connectivity index is 2.04. The highest BCUT2D eigenvalue weighted by Gasteiger charge is 2.11. The van der Waals surface area contributed by atoms with Crippen molar-refractivity contribution in [2.24, 2.45) is 0 Å². The number of aromatic nitrogens is 3. The van der Waals surface area contributed by atoms with Gasteiger partial charge in [0.05, 0.1) is 0 Å². The molecule has 0 aliphatic carbocycles. The summed E-state index contributed by atoms with van der Waals surface area (Å²) in [4.78, 5) is 26.0. The summed E-state index contributed by atoms with van der Waals surface area (Å²) in [6.45, 7) is 0. The summed E-state index contributed by atoms with van der Waals surface area (Å²) in [6.07, 6.45) is 0.435. The number of nitrogens with two attached hydrogens (primary N) is 1. The van der Waals surface area contributed by atoms with E-state index < -0.39 is 11.9 Å². The Morgan fingerprint density at radius 2 is 2.20 bits per heavy atom. The number of amides is 1. The number of carboxylic acid groups (broad SMARTS) is 1. The van der Waals surface area contributed by atoms with Crippen molar-refractivity contribution in [3.05, 3.63) is 35.7 Å². The number of carbonyl (C=O) groups is 2. The van der Waals surface area contributed by atoms with Gasteiger partial charge in [-0.3, -0.25) is 14.7 Å². The maximum Gasteiger partial charge on any atom is 0.303 e. The molecule has 8 nitrogen and oxygen atoms in total. The molecule has 1 amide bonds. The predicted molar refractivity (Wildman–Crippen MR) is 71.1 cm³/mol. The lowest BCUT2D eigenvalue weighted by Gasteiger charge is -2.05. The molecule has 2 rings (SSSR count). The van der Waals surface area contributed by atoms with E-state index in [4.69, 9.17) is 10.8 Å². The van der Waals surface area contributed by atoms with Crippen LogP contribution in [0.1, 0.15) is 22.6 Å². The number of hydrogen-bond donors (Lipinski definition) is 4. The van der Waals surface area contributed by atoms with E-state index in [1.807, 2.05) is 0 Å². The number of aliphatic carboxylic acids is 1. The van der Waals surface area contributed by atoms with Crippen LogP contribution in [-0.4, -0.2) is 32.2 Å². The molecule has 8 heteroatoms. The number of hydrogen-bond acceptors (Lipinski definition) is 5. The molecule has 1 aromatic carbocycles. The second kappa shape index (κ2) is 5.83. The Morgan fingerprint density at radius 3 is 2.85 bits per heavy atom. The van der Waals surface area contributed by atoms with Gasteiger partial charge in [-0.2, -0.15) is 4.98 Å². The molecular formula is C12H13N5O3. The van der Waals surface area contributed by atoms with Gasteiger partial charge in [-0.25, -0.2) is 0 Å². The van der Waals surface area contributed by atoms with Gasteiger partial charge in [-0.15, -0.1) is 5.10 Å². The first-order valence-electron chi connectivity index (χ1n) is 5.84. The van der Waals surface area contributed by atoms with E-state index in [1.54, 1.807) is 24.3 Å². The van der Waals surface area contributed by atoms with Gasteiger partial charge in [0.15, 0.2) is 0 Å². The lowest BCUT2D eigenvalue weighted by atomic mass is 10.1. The average molecular weight is 275 g/mol. The van der Waals surface area contributed by atoms with E-state index >= 15 is 0 Å². The summed E-state index contributed by atoms with van der Waals surface area (Å²) < 4.78 is 0. The number of anilines is 2. The summed E-state index contributed by atoms with van der Waals surface area (Å²) in [5.41, 5.74) is 6.68. The third-order valence-corrected chi connectivity index (χ3v) is 2.53. The van der Waals surface area contributed by atoms with E-state index in [2.05, 4.69) is 20.5 Å². The summed E-state index contributed by atoms with van der Waals surface area (Å²) in [5.74, 6) is -1.33. The number of carbonyl (C=O) groups excluding carboxylic acids is 1. The van der Waals surface area contributed by atoms with Crippen molar-refractivity contribution >= 4 is 23.5 Å². The van der Waals surface area contributed by atoms with Crippen molar-refractivity contribution in [2.75, 3.05) is 11.1 Å². The van der Waals surface area contributed by atoms with Gasteiger partial charge >= 0.3 is 5.97 Å². The molecule has 1 aromatic heterocycles. The minimum atomic E-state index is -0.864. The predicted octanol–water partition coefficient (Wildman–Crippen LogP) is 0.656. The fourth-order valence-corrected chi connectivity index (χ4v) is 1.62. The van der Waals surface area contributed by atoms with Crippen molar-refractivity contribution in [3.8, 4) is 0 Å². The molecule has 0 aliphatic heterocycles. The topological polar surface area (TPSA) is 134 Å². The fraction of sp³-hybridized carbons (Fsp3) is 0.167. The van der Waals surface area contributed by atoms with Crippen molar-refractivity contribution in [1.29, 1.82) is 0 Å². The second-order valence-electron chi connectivity index (χ2n) is 4.09. The Bertz CT molecular complexity index is 638. The molecule has 0 atom stereocenters. The Morgan fingerprint density at radius 1 is 1.40 bits per heavy atom. The Kier molecular flexibility index (Phi) is 3.94. The van der Waals surface area contributed by atoms with Crippen molar-refractivity contribution < 1.29 is 14.7 Å². The highest BCUT2D eigenvalue weighted by Crippen LogP contribution is 2.13. The van der Waals surface area contributed by atoms with E-state index in [1.165, 1.54) is 0 Å². The molecule has 0 spiro atoms. The van der Waals surface area contributed by atoms with E-state index in [9.17, 15) is 9.59 Å². The van der Waals surface area contributed by atoms with Gasteiger partial charge in [0, 0.05) is 12.1 Å². The van der Waals surface area contributed by atoms with Gasteiger partial charge in [0.25, 0.3) is 5.91 Å². The highest BCUT2D eigenvalue weighted by molar-refractivity contribution is 6.01. The largest absolute Gasteiger partial charge is 0.481 e. The third kappa shape index (κ3) is 3.55. The lowest BCUT2D eigenvalue weighted by molar-refractivity contribution is -0.136. The average Bonchev–Trinajstić information content (AvgIpc) is 2.84. The van der Waals surface area contributed by atoms with Gasteiger partial charge in [-0.1, -0.05) is 12.1 Å². The molecule has 0 unspecified atom stereocenters. The summed E-state index contributed by atoms with van der Waals surface area (Å²) >= 11 is 0. The molecule has 5 N–H and O–H groups in total. The summed E-state index contributed by atoms with van der Waals surface area (Å²) in [7, 11) is 0. The number of aromatic amines is 1. The Hall–Kier alpha value is -2.90. The number of aryl methyl sites for hydroxylation is 1. The minimum absolute atomic E-state index is 0.00893. The zero-order valence-corrected chi connectivity index (χ0v) is 10.5. The Labute approximate surface area is 114 Å². The fourth-order valence-electron chi connectivity index (χ4n) is 1.62. The molecule has 0 bridgehead atoms. The SMILES string of the molecule is Nc1n[nH]c(C(=O)Nc2cccc(CCC(=O)O)c2)n1. The zero-order chi connectivity index (χ0) is 14.5. The number of benzene rings is 1. The molecule has 1 heterocycles. The van der Waals surface area contributed by atoms with Crippen molar-refractivity contribution in [2.45, 2.75) is 12.8 Å². The summed E-state index contributed by atoms with van der Waals surface area (Å²) in [5, 5.41) is 17.2. The molecule has 0 aliphatic rings. The quantitative estimate of drug-likeness (QED) is 0.633. The maximum absolute atomic E-state index is 11.8. The lowest BCUT2D eigenvalue weighted by Crippen LogP contribution is -2.14. The molecule has 104 valence electrons. The first-order valence-corrected chi connectivity index (χ1v) is 5.84.